The van der Waals surface area contributed by atoms with Crippen LogP contribution in [0.5, 0.6) is 0 Å². The van der Waals surface area contributed by atoms with Gasteiger partial charge in [-0.3, -0.25) is 4.57 Å². The lowest BCUT2D eigenvalue weighted by molar-refractivity contribution is 0.0600. The van der Waals surface area contributed by atoms with Crippen molar-refractivity contribution in [1.82, 2.24) is 9.55 Å². The molecule has 1 heterocycles. The third-order valence-electron chi connectivity index (χ3n) is 4.00. The summed E-state index contributed by atoms with van der Waals surface area (Å²) in [4.78, 5) is 26.3. The number of nitrogens with one attached hydrogen (secondary N) is 1. The van der Waals surface area contributed by atoms with Crippen LogP contribution in [0.2, 0.25) is 0 Å². The van der Waals surface area contributed by atoms with Gasteiger partial charge in [0.15, 0.2) is 0 Å². The number of nitrogens with zero attached hydrogens (tertiary/aromatic N) is 1. The molecule has 0 aliphatic carbocycles. The van der Waals surface area contributed by atoms with Crippen LogP contribution in [0.25, 0.3) is 11.0 Å². The number of carbonyl (C=O) groups excluding carboxylic acids is 1. The number of benzene rings is 2. The number of para-hydroxylation sites is 2. The fourth-order valence-corrected chi connectivity index (χ4v) is 3.60. The second kappa shape index (κ2) is 8.07. The van der Waals surface area contributed by atoms with E-state index < -0.39 is 0 Å². The highest BCUT2D eigenvalue weighted by Gasteiger charge is 2.06. The Kier molecular flexibility index (Phi) is 5.60. The maximum Gasteiger partial charge on any atom is 0.337 e. The molecule has 3 aromatic rings. The highest BCUT2D eigenvalue weighted by molar-refractivity contribution is 7.98. The lowest BCUT2D eigenvalue weighted by atomic mass is 10.1. The number of H-pyrrole nitrogens is 1. The van der Waals surface area contributed by atoms with Crippen molar-refractivity contribution < 1.29 is 9.53 Å². The summed E-state index contributed by atoms with van der Waals surface area (Å²) in [7, 11) is 1.38. The number of aromatic amines is 1. The van der Waals surface area contributed by atoms with Gasteiger partial charge in [-0.05, 0) is 42.0 Å². The predicted molar refractivity (Wildman–Crippen MR) is 101 cm³/mol. The predicted octanol–water partition coefficient (Wildman–Crippen LogP) is 3.44. The number of aromatic nitrogens is 2. The standard InChI is InChI=1S/C19H20N2O3S/c1-24-18(22)15-9-7-14(8-10-15)13-25-12-4-11-21-17-6-3-2-5-16(17)20-19(21)23/h2-3,5-10H,4,11-13H2,1H3,(H,20,23). The number of rotatable bonds is 7. The largest absolute Gasteiger partial charge is 0.465 e. The summed E-state index contributed by atoms with van der Waals surface area (Å²) in [5.74, 6) is 1.53. The monoisotopic (exact) mass is 356 g/mol. The van der Waals surface area contributed by atoms with E-state index in [1.54, 1.807) is 16.7 Å². The minimum atomic E-state index is -0.316. The van der Waals surface area contributed by atoms with E-state index in [2.05, 4.69) is 4.98 Å². The molecule has 1 N–H and O–H groups in total. The molecule has 0 fully saturated rings. The van der Waals surface area contributed by atoms with Crippen LogP contribution in [0.3, 0.4) is 0 Å². The third kappa shape index (κ3) is 4.14. The third-order valence-corrected chi connectivity index (χ3v) is 5.11. The summed E-state index contributed by atoms with van der Waals surface area (Å²) in [6.07, 6.45) is 0.923. The van der Waals surface area contributed by atoms with Crippen LogP contribution in [-0.2, 0) is 17.0 Å². The summed E-state index contributed by atoms with van der Waals surface area (Å²) in [6.45, 7) is 0.705. The van der Waals surface area contributed by atoms with Crippen LogP contribution in [0, 0.1) is 0 Å². The number of fused-ring (bicyclic) bond motifs is 1. The lowest BCUT2D eigenvalue weighted by Crippen LogP contribution is -2.17. The van der Waals surface area contributed by atoms with E-state index in [-0.39, 0.29) is 11.7 Å². The van der Waals surface area contributed by atoms with E-state index in [9.17, 15) is 9.59 Å². The van der Waals surface area contributed by atoms with Gasteiger partial charge < -0.3 is 9.72 Å². The molecule has 0 spiro atoms. The van der Waals surface area contributed by atoms with E-state index >= 15 is 0 Å². The fourth-order valence-electron chi connectivity index (χ4n) is 2.70. The molecule has 3 rings (SSSR count). The number of carbonyl (C=O) groups is 1. The first-order valence-corrected chi connectivity index (χ1v) is 9.27. The van der Waals surface area contributed by atoms with Crippen molar-refractivity contribution in [2.24, 2.45) is 0 Å². The Morgan fingerprint density at radius 1 is 1.16 bits per heavy atom. The van der Waals surface area contributed by atoms with Crippen LogP contribution in [0.4, 0.5) is 0 Å². The summed E-state index contributed by atoms with van der Waals surface area (Å²) >= 11 is 1.82. The Bertz CT molecular complexity index is 912. The zero-order chi connectivity index (χ0) is 17.6. The number of methoxy groups -OCH3 is 1. The Hall–Kier alpha value is -2.47. The van der Waals surface area contributed by atoms with Gasteiger partial charge in [-0.2, -0.15) is 11.8 Å². The van der Waals surface area contributed by atoms with Crippen molar-refractivity contribution in [1.29, 1.82) is 0 Å². The molecular formula is C19H20N2O3S. The van der Waals surface area contributed by atoms with E-state index in [1.165, 1.54) is 12.7 Å². The average Bonchev–Trinajstić information content (AvgIpc) is 2.96. The minimum Gasteiger partial charge on any atom is -0.465 e. The molecule has 0 saturated heterocycles. The van der Waals surface area contributed by atoms with Crippen LogP contribution < -0.4 is 5.69 Å². The first-order chi connectivity index (χ1) is 12.2. The molecule has 2 aromatic carbocycles. The Balaban J connectivity index is 1.48. The molecule has 5 nitrogen and oxygen atoms in total. The molecule has 0 aliphatic heterocycles. The summed E-state index contributed by atoms with van der Waals surface area (Å²) in [5, 5.41) is 0. The van der Waals surface area contributed by atoms with E-state index in [4.69, 9.17) is 4.74 Å². The number of aryl methyl sites for hydroxylation is 1. The van der Waals surface area contributed by atoms with Gasteiger partial charge >= 0.3 is 11.7 Å². The summed E-state index contributed by atoms with van der Waals surface area (Å²) < 4.78 is 6.48. The van der Waals surface area contributed by atoms with Gasteiger partial charge in [-0.1, -0.05) is 24.3 Å². The molecule has 0 amide bonds. The van der Waals surface area contributed by atoms with Crippen LogP contribution in [0.1, 0.15) is 22.3 Å². The van der Waals surface area contributed by atoms with Crippen molar-refractivity contribution in [2.75, 3.05) is 12.9 Å². The molecule has 0 aliphatic rings. The molecule has 130 valence electrons. The zero-order valence-corrected chi connectivity index (χ0v) is 14.8. The second-order valence-electron chi connectivity index (χ2n) is 5.69. The molecule has 0 saturated carbocycles. The van der Waals surface area contributed by atoms with Gasteiger partial charge in [0, 0.05) is 12.3 Å². The maximum atomic E-state index is 12.0. The molecule has 1 aromatic heterocycles. The quantitative estimate of drug-likeness (QED) is 0.520. The van der Waals surface area contributed by atoms with Crippen LogP contribution in [0.15, 0.2) is 53.3 Å². The summed E-state index contributed by atoms with van der Waals surface area (Å²) in [6, 6.07) is 15.2. The van der Waals surface area contributed by atoms with Crippen molar-refractivity contribution >= 4 is 28.8 Å². The number of thioether (sulfide) groups is 1. The van der Waals surface area contributed by atoms with Gasteiger partial charge in [0.1, 0.15) is 0 Å². The number of imidazole rings is 1. The number of esters is 1. The van der Waals surface area contributed by atoms with Gasteiger partial charge in [0.05, 0.1) is 23.7 Å². The molecule has 0 radical (unpaired) electrons. The normalized spacial score (nSPS) is 10.9. The lowest BCUT2D eigenvalue weighted by Gasteiger charge is -2.05. The zero-order valence-electron chi connectivity index (χ0n) is 14.0. The minimum absolute atomic E-state index is 0.0513. The van der Waals surface area contributed by atoms with Gasteiger partial charge in [-0.15, -0.1) is 0 Å². The van der Waals surface area contributed by atoms with Gasteiger partial charge in [0.2, 0.25) is 0 Å². The van der Waals surface area contributed by atoms with E-state index in [0.29, 0.717) is 12.1 Å². The highest BCUT2D eigenvalue weighted by atomic mass is 32.2. The van der Waals surface area contributed by atoms with Crippen molar-refractivity contribution in [2.45, 2.75) is 18.7 Å². The first kappa shape index (κ1) is 17.4. The SMILES string of the molecule is COC(=O)c1ccc(CSCCCn2c(=O)[nH]c3ccccc32)cc1. The maximum absolute atomic E-state index is 12.0. The van der Waals surface area contributed by atoms with E-state index in [1.807, 2.05) is 48.2 Å². The first-order valence-electron chi connectivity index (χ1n) is 8.11. The molecule has 0 bridgehead atoms. The van der Waals surface area contributed by atoms with Gasteiger partial charge in [-0.25, -0.2) is 9.59 Å². The molecule has 0 unspecified atom stereocenters. The van der Waals surface area contributed by atoms with Crippen LogP contribution in [-0.4, -0.2) is 28.4 Å². The molecule has 0 atom stereocenters. The van der Waals surface area contributed by atoms with Crippen molar-refractivity contribution in [3.63, 3.8) is 0 Å². The number of hydrogen-bond donors (Lipinski definition) is 1. The molecule has 6 heteroatoms. The fraction of sp³-hybridized carbons (Fsp3) is 0.263. The number of ether oxygens (including phenoxy) is 1. The average molecular weight is 356 g/mol. The highest BCUT2D eigenvalue weighted by Crippen LogP contribution is 2.16. The number of hydrogen-bond acceptors (Lipinski definition) is 4. The van der Waals surface area contributed by atoms with Crippen molar-refractivity contribution in [3.05, 3.63) is 70.1 Å². The molecule has 25 heavy (non-hydrogen) atoms. The van der Waals surface area contributed by atoms with E-state index in [0.717, 1.165) is 29.0 Å². The van der Waals surface area contributed by atoms with Gasteiger partial charge in [0.25, 0.3) is 0 Å². The Morgan fingerprint density at radius 3 is 2.68 bits per heavy atom. The molecular weight excluding hydrogens is 336 g/mol. The smallest absolute Gasteiger partial charge is 0.337 e. The Morgan fingerprint density at radius 2 is 1.92 bits per heavy atom. The second-order valence-corrected chi connectivity index (χ2v) is 6.80. The van der Waals surface area contributed by atoms with Crippen LogP contribution >= 0.6 is 11.8 Å². The Labute approximate surface area is 150 Å². The summed E-state index contributed by atoms with van der Waals surface area (Å²) in [5.41, 5.74) is 3.52. The van der Waals surface area contributed by atoms with Crippen molar-refractivity contribution in [3.8, 4) is 0 Å². The topological polar surface area (TPSA) is 64.1 Å².